The van der Waals surface area contributed by atoms with Gasteiger partial charge >= 0.3 is 0 Å². The van der Waals surface area contributed by atoms with Crippen LogP contribution in [0.4, 0.5) is 0 Å². The fraction of sp³-hybridized carbons (Fsp3) is 0.348. The highest BCUT2D eigenvalue weighted by atomic mass is 16.7. The first-order valence-electron chi connectivity index (χ1n) is 10.4. The van der Waals surface area contributed by atoms with Crippen molar-refractivity contribution in [3.63, 3.8) is 0 Å². The molecule has 0 amide bonds. The van der Waals surface area contributed by atoms with E-state index < -0.39 is 5.60 Å². The maximum absolute atomic E-state index is 13.4. The van der Waals surface area contributed by atoms with Crippen molar-refractivity contribution in [2.45, 2.75) is 44.9 Å². The Balaban J connectivity index is 1.65. The van der Waals surface area contributed by atoms with Crippen molar-refractivity contribution in [2.75, 3.05) is 6.79 Å². The number of fused-ring (bicyclic) bond motifs is 6. The van der Waals surface area contributed by atoms with Gasteiger partial charge in [0.15, 0.2) is 17.3 Å². The van der Waals surface area contributed by atoms with Crippen molar-refractivity contribution >= 4 is 16.7 Å². The van der Waals surface area contributed by atoms with Gasteiger partial charge in [0.25, 0.3) is 5.56 Å². The molecule has 0 spiro atoms. The molecule has 0 fully saturated rings. The molecule has 0 bridgehead atoms. The Labute approximate surface area is 176 Å². The molecule has 0 saturated heterocycles. The van der Waals surface area contributed by atoms with Gasteiger partial charge in [0.2, 0.25) is 6.79 Å². The summed E-state index contributed by atoms with van der Waals surface area (Å²) in [4.78, 5) is 30.7. The molecule has 2 aliphatic heterocycles. The lowest BCUT2D eigenvalue weighted by molar-refractivity contribution is -0.140. The highest BCUT2D eigenvalue weighted by Gasteiger charge is 2.43. The summed E-state index contributed by atoms with van der Waals surface area (Å²) in [6, 6.07) is 5.31. The van der Waals surface area contributed by atoms with Crippen LogP contribution in [-0.2, 0) is 30.0 Å². The molecule has 1 aliphatic carbocycles. The lowest BCUT2D eigenvalue weighted by Crippen LogP contribution is -2.43. The van der Waals surface area contributed by atoms with Crippen molar-refractivity contribution in [1.82, 2.24) is 9.55 Å². The zero-order valence-electron chi connectivity index (χ0n) is 16.9. The first kappa shape index (κ1) is 18.5. The van der Waals surface area contributed by atoms with E-state index in [1.54, 1.807) is 23.6 Å². The number of hydrogen-bond acceptors (Lipinski definition) is 7. The standard InChI is InChI=1S/C23H20N2O6/c1-2-23(29)15-6-17-21-13(8-25(17)22(28)11(15)3-4-20(23)27)14(9-26)12-5-18-19(31-10-30-18)7-16(12)24-21/h5-7,26,29H,2-4,8-10H2,1H3/t23-/m0/s1. The zero-order chi connectivity index (χ0) is 21.5. The first-order valence-corrected chi connectivity index (χ1v) is 10.4. The fourth-order valence-corrected chi connectivity index (χ4v) is 5.12. The first-order chi connectivity index (χ1) is 15.0. The summed E-state index contributed by atoms with van der Waals surface area (Å²) in [5, 5.41) is 22.0. The van der Waals surface area contributed by atoms with Gasteiger partial charge in [-0.2, -0.15) is 0 Å². The van der Waals surface area contributed by atoms with Crippen molar-refractivity contribution < 1.29 is 24.5 Å². The number of carbonyl (C=O) groups is 1. The molecule has 6 rings (SSSR count). The minimum Gasteiger partial charge on any atom is -0.454 e. The highest BCUT2D eigenvalue weighted by Crippen LogP contribution is 2.43. The van der Waals surface area contributed by atoms with Gasteiger partial charge in [-0.25, -0.2) is 4.98 Å². The zero-order valence-corrected chi connectivity index (χ0v) is 16.9. The molecule has 158 valence electrons. The second kappa shape index (κ2) is 6.15. The van der Waals surface area contributed by atoms with E-state index in [2.05, 4.69) is 0 Å². The molecule has 2 aromatic heterocycles. The predicted octanol–water partition coefficient (Wildman–Crippen LogP) is 1.76. The van der Waals surface area contributed by atoms with Crippen LogP contribution in [0.5, 0.6) is 11.5 Å². The number of benzene rings is 1. The van der Waals surface area contributed by atoms with Crippen LogP contribution >= 0.6 is 0 Å². The van der Waals surface area contributed by atoms with Crippen LogP contribution in [0, 0.1) is 0 Å². The number of aliphatic hydroxyl groups is 2. The number of rotatable bonds is 2. The minimum atomic E-state index is -1.66. The monoisotopic (exact) mass is 420 g/mol. The summed E-state index contributed by atoms with van der Waals surface area (Å²) < 4.78 is 12.6. The Morgan fingerprint density at radius 3 is 2.65 bits per heavy atom. The lowest BCUT2D eigenvalue weighted by atomic mass is 9.77. The van der Waals surface area contributed by atoms with Gasteiger partial charge in [-0.1, -0.05) is 6.92 Å². The van der Waals surface area contributed by atoms with Gasteiger partial charge in [0.05, 0.1) is 30.1 Å². The van der Waals surface area contributed by atoms with Crippen LogP contribution in [-0.4, -0.2) is 32.3 Å². The van der Waals surface area contributed by atoms with Crippen LogP contribution in [0.15, 0.2) is 23.0 Å². The molecule has 8 heteroatoms. The number of nitrogens with zero attached hydrogens (tertiary/aromatic N) is 2. The largest absolute Gasteiger partial charge is 0.454 e. The van der Waals surface area contributed by atoms with Crippen LogP contribution < -0.4 is 15.0 Å². The topological polar surface area (TPSA) is 111 Å². The third-order valence-corrected chi connectivity index (χ3v) is 6.84. The Morgan fingerprint density at radius 1 is 1.13 bits per heavy atom. The normalized spacial score (nSPS) is 20.7. The maximum Gasteiger partial charge on any atom is 0.254 e. The molecule has 3 aromatic rings. The highest BCUT2D eigenvalue weighted by molar-refractivity contribution is 5.92. The molecule has 3 aliphatic rings. The Morgan fingerprint density at radius 2 is 1.90 bits per heavy atom. The van der Waals surface area contributed by atoms with Gasteiger partial charge in [0, 0.05) is 34.6 Å². The summed E-state index contributed by atoms with van der Waals surface area (Å²) >= 11 is 0. The average Bonchev–Trinajstić information content (AvgIpc) is 3.38. The van der Waals surface area contributed by atoms with Gasteiger partial charge in [-0.3, -0.25) is 9.59 Å². The number of ether oxygens (including phenoxy) is 2. The molecule has 31 heavy (non-hydrogen) atoms. The van der Waals surface area contributed by atoms with Crippen LogP contribution in [0.2, 0.25) is 0 Å². The molecule has 1 aromatic carbocycles. The number of pyridine rings is 2. The summed E-state index contributed by atoms with van der Waals surface area (Å²) in [7, 11) is 0. The second-order valence-corrected chi connectivity index (χ2v) is 8.25. The van der Waals surface area contributed by atoms with E-state index in [1.165, 1.54) is 0 Å². The molecule has 1 atom stereocenters. The van der Waals surface area contributed by atoms with Crippen molar-refractivity contribution in [1.29, 1.82) is 0 Å². The lowest BCUT2D eigenvalue weighted by Gasteiger charge is -2.32. The summed E-state index contributed by atoms with van der Waals surface area (Å²) in [6.45, 7) is 1.93. The molecule has 2 N–H and O–H groups in total. The number of carbonyl (C=O) groups excluding carboxylic acids is 1. The van der Waals surface area contributed by atoms with Crippen LogP contribution in [0.25, 0.3) is 22.3 Å². The van der Waals surface area contributed by atoms with Crippen molar-refractivity contribution in [3.05, 3.63) is 50.8 Å². The Kier molecular flexibility index (Phi) is 3.68. The van der Waals surface area contributed by atoms with E-state index in [1.807, 2.05) is 6.07 Å². The SMILES string of the molecule is CC[C@@]1(O)C(=O)CCc2c1cc1n(c2=O)Cc2c-1nc1cc3c(cc1c2CO)OCO3. The summed E-state index contributed by atoms with van der Waals surface area (Å²) in [5.74, 6) is 0.912. The van der Waals surface area contributed by atoms with Crippen LogP contribution in [0.1, 0.15) is 42.0 Å². The third kappa shape index (κ3) is 2.29. The average molecular weight is 420 g/mol. The summed E-state index contributed by atoms with van der Waals surface area (Å²) in [6.07, 6.45) is 0.662. The van der Waals surface area contributed by atoms with Crippen LogP contribution in [0.3, 0.4) is 0 Å². The van der Waals surface area contributed by atoms with E-state index in [0.29, 0.717) is 51.5 Å². The molecular formula is C23H20N2O6. The number of aliphatic hydroxyl groups excluding tert-OH is 1. The van der Waals surface area contributed by atoms with Gasteiger partial charge in [-0.15, -0.1) is 0 Å². The Bertz CT molecular complexity index is 1380. The molecule has 0 unspecified atom stereocenters. The molecular weight excluding hydrogens is 400 g/mol. The fourth-order valence-electron chi connectivity index (χ4n) is 5.12. The molecule has 8 nitrogen and oxygen atoms in total. The number of Topliss-reactive ketones (excluding diaryl/α,β-unsaturated/α-hetero) is 1. The number of aromatic nitrogens is 2. The molecule has 0 saturated carbocycles. The van der Waals surface area contributed by atoms with Gasteiger partial charge < -0.3 is 24.3 Å². The smallest absolute Gasteiger partial charge is 0.254 e. The van der Waals surface area contributed by atoms with Gasteiger partial charge in [-0.05, 0) is 30.5 Å². The predicted molar refractivity (Wildman–Crippen MR) is 110 cm³/mol. The minimum absolute atomic E-state index is 0.133. The quantitative estimate of drug-likeness (QED) is 0.508. The van der Waals surface area contributed by atoms with Gasteiger partial charge in [0.1, 0.15) is 5.60 Å². The second-order valence-electron chi connectivity index (χ2n) is 8.25. The summed E-state index contributed by atoms with van der Waals surface area (Å²) in [5.41, 5.74) is 2.18. The molecule has 4 heterocycles. The van der Waals surface area contributed by atoms with E-state index in [0.717, 1.165) is 10.9 Å². The molecule has 0 radical (unpaired) electrons. The van der Waals surface area contributed by atoms with E-state index in [4.69, 9.17) is 14.5 Å². The maximum atomic E-state index is 13.4. The third-order valence-electron chi connectivity index (χ3n) is 6.84. The van der Waals surface area contributed by atoms with E-state index in [9.17, 15) is 19.8 Å². The Hall–Kier alpha value is -3.23. The van der Waals surface area contributed by atoms with Crippen molar-refractivity contribution in [2.24, 2.45) is 0 Å². The van der Waals surface area contributed by atoms with Crippen molar-refractivity contribution in [3.8, 4) is 22.9 Å². The van der Waals surface area contributed by atoms with E-state index >= 15 is 0 Å². The van der Waals surface area contributed by atoms with E-state index in [-0.39, 0.29) is 44.1 Å². The number of ketones is 1. The number of hydrogen-bond donors (Lipinski definition) is 2.